The van der Waals surface area contributed by atoms with E-state index in [-0.39, 0.29) is 12.5 Å². The molecule has 1 aliphatic heterocycles. The molecule has 0 aromatic rings. The van der Waals surface area contributed by atoms with Crippen LogP contribution in [0.3, 0.4) is 0 Å². The summed E-state index contributed by atoms with van der Waals surface area (Å²) < 4.78 is 5.10. The lowest BCUT2D eigenvalue weighted by atomic mass is 10.1. The number of hydrogen-bond acceptors (Lipinski definition) is 2. The lowest BCUT2D eigenvalue weighted by Gasteiger charge is -2.15. The largest absolute Gasteiger partial charge is 0.372 e. The fraction of sp³-hybridized carbons (Fsp3) is 0.900. The summed E-state index contributed by atoms with van der Waals surface area (Å²) >= 11 is 3.43. The monoisotopic (exact) mass is 263 g/mol. The number of likely N-dealkylation sites (tertiary alicyclic amines) is 1. The number of halogens is 1. The average Bonchev–Trinajstić information content (AvgIpc) is 2.63. The zero-order valence-corrected chi connectivity index (χ0v) is 10.3. The van der Waals surface area contributed by atoms with Crippen LogP contribution in [-0.4, -0.2) is 42.4 Å². The molecular formula is C10H18BrNO2. The van der Waals surface area contributed by atoms with Crippen LogP contribution in [0.25, 0.3) is 0 Å². The van der Waals surface area contributed by atoms with Crippen LogP contribution in [0.15, 0.2) is 0 Å². The van der Waals surface area contributed by atoms with Crippen LogP contribution in [0.1, 0.15) is 19.8 Å². The molecule has 82 valence electrons. The average molecular weight is 264 g/mol. The Kier molecular flexibility index (Phi) is 5.48. The molecule has 3 nitrogen and oxygen atoms in total. The summed E-state index contributed by atoms with van der Waals surface area (Å²) in [4.78, 5) is 13.5. The molecule has 0 saturated carbocycles. The Morgan fingerprint density at radius 3 is 3.07 bits per heavy atom. The van der Waals surface area contributed by atoms with Crippen molar-refractivity contribution in [1.29, 1.82) is 0 Å². The van der Waals surface area contributed by atoms with Crippen LogP contribution >= 0.6 is 15.9 Å². The topological polar surface area (TPSA) is 29.5 Å². The van der Waals surface area contributed by atoms with E-state index in [2.05, 4.69) is 15.9 Å². The molecule has 1 heterocycles. The number of hydrogen-bond donors (Lipinski definition) is 0. The van der Waals surface area contributed by atoms with Crippen molar-refractivity contribution in [2.24, 2.45) is 5.92 Å². The first kappa shape index (κ1) is 12.0. The molecule has 1 unspecified atom stereocenters. The molecular weight excluding hydrogens is 246 g/mol. The van der Waals surface area contributed by atoms with Gasteiger partial charge in [-0.05, 0) is 25.7 Å². The van der Waals surface area contributed by atoms with Crippen LogP contribution in [0.2, 0.25) is 0 Å². The Morgan fingerprint density at radius 1 is 1.64 bits per heavy atom. The third-order valence-corrected chi connectivity index (χ3v) is 3.04. The number of alkyl halides is 1. The standard InChI is InChI=1S/C10H18BrNO2/c1-2-14-8-10(13)12-6-4-9(7-12)3-5-11/h9H,2-8H2,1H3. The molecule has 0 bridgehead atoms. The van der Waals surface area contributed by atoms with E-state index >= 15 is 0 Å². The van der Waals surface area contributed by atoms with Gasteiger partial charge < -0.3 is 9.64 Å². The van der Waals surface area contributed by atoms with Gasteiger partial charge in [-0.2, -0.15) is 0 Å². The first-order chi connectivity index (χ1) is 6.77. The molecule has 0 radical (unpaired) electrons. The Morgan fingerprint density at radius 2 is 2.43 bits per heavy atom. The van der Waals surface area contributed by atoms with Crippen molar-refractivity contribution >= 4 is 21.8 Å². The fourth-order valence-corrected chi connectivity index (χ4v) is 2.38. The van der Waals surface area contributed by atoms with Gasteiger partial charge in [-0.3, -0.25) is 4.79 Å². The molecule has 1 aliphatic rings. The Bertz CT molecular complexity index is 187. The highest BCUT2D eigenvalue weighted by Crippen LogP contribution is 2.20. The maximum absolute atomic E-state index is 11.5. The van der Waals surface area contributed by atoms with Gasteiger partial charge in [-0.1, -0.05) is 15.9 Å². The number of carbonyl (C=O) groups is 1. The molecule has 1 atom stereocenters. The highest BCUT2D eigenvalue weighted by atomic mass is 79.9. The number of amides is 1. The second kappa shape index (κ2) is 6.40. The first-order valence-corrected chi connectivity index (χ1v) is 6.31. The van der Waals surface area contributed by atoms with E-state index in [0.717, 1.165) is 24.8 Å². The molecule has 1 rings (SSSR count). The second-order valence-corrected chi connectivity index (χ2v) is 4.40. The molecule has 0 aliphatic carbocycles. The van der Waals surface area contributed by atoms with Gasteiger partial charge in [0.2, 0.25) is 5.91 Å². The zero-order chi connectivity index (χ0) is 10.4. The van der Waals surface area contributed by atoms with E-state index in [4.69, 9.17) is 4.74 Å². The quantitative estimate of drug-likeness (QED) is 0.707. The summed E-state index contributed by atoms with van der Waals surface area (Å²) in [6.45, 7) is 4.59. The van der Waals surface area contributed by atoms with Crippen LogP contribution in [0.5, 0.6) is 0 Å². The number of rotatable bonds is 5. The van der Waals surface area contributed by atoms with Crippen molar-refractivity contribution in [2.75, 3.05) is 31.6 Å². The predicted molar refractivity (Wildman–Crippen MR) is 59.6 cm³/mol. The fourth-order valence-electron chi connectivity index (χ4n) is 1.73. The van der Waals surface area contributed by atoms with Gasteiger partial charge >= 0.3 is 0 Å². The summed E-state index contributed by atoms with van der Waals surface area (Å²) in [5.41, 5.74) is 0. The molecule has 1 saturated heterocycles. The van der Waals surface area contributed by atoms with Crippen LogP contribution in [0.4, 0.5) is 0 Å². The molecule has 0 aromatic heterocycles. The third kappa shape index (κ3) is 3.58. The molecule has 4 heteroatoms. The number of ether oxygens (including phenoxy) is 1. The molecule has 1 fully saturated rings. The van der Waals surface area contributed by atoms with Crippen molar-refractivity contribution in [3.63, 3.8) is 0 Å². The maximum atomic E-state index is 11.5. The maximum Gasteiger partial charge on any atom is 0.248 e. The van der Waals surface area contributed by atoms with E-state index < -0.39 is 0 Å². The van der Waals surface area contributed by atoms with Gasteiger partial charge in [-0.25, -0.2) is 0 Å². The Labute approximate surface area is 93.9 Å². The summed E-state index contributed by atoms with van der Waals surface area (Å²) in [7, 11) is 0. The molecule has 0 N–H and O–H groups in total. The van der Waals surface area contributed by atoms with E-state index in [1.165, 1.54) is 6.42 Å². The Balaban J connectivity index is 2.23. The highest BCUT2D eigenvalue weighted by Gasteiger charge is 2.25. The van der Waals surface area contributed by atoms with Crippen molar-refractivity contribution in [2.45, 2.75) is 19.8 Å². The summed E-state index contributed by atoms with van der Waals surface area (Å²) in [6.07, 6.45) is 2.31. The molecule has 0 aromatic carbocycles. The van der Waals surface area contributed by atoms with Crippen molar-refractivity contribution in [3.05, 3.63) is 0 Å². The van der Waals surface area contributed by atoms with Gasteiger partial charge in [-0.15, -0.1) is 0 Å². The van der Waals surface area contributed by atoms with Gasteiger partial charge in [0.25, 0.3) is 0 Å². The van der Waals surface area contributed by atoms with Gasteiger partial charge in [0.05, 0.1) is 0 Å². The third-order valence-electron chi connectivity index (χ3n) is 2.59. The predicted octanol–water partition coefficient (Wildman–Crippen LogP) is 1.66. The summed E-state index contributed by atoms with van der Waals surface area (Å²) in [5.74, 6) is 0.823. The normalized spacial score (nSPS) is 21.6. The van der Waals surface area contributed by atoms with Crippen molar-refractivity contribution in [1.82, 2.24) is 4.90 Å². The van der Waals surface area contributed by atoms with Crippen LogP contribution in [0, 0.1) is 5.92 Å². The SMILES string of the molecule is CCOCC(=O)N1CCC(CCBr)C1. The van der Waals surface area contributed by atoms with E-state index in [9.17, 15) is 4.79 Å². The summed E-state index contributed by atoms with van der Waals surface area (Å²) in [6, 6.07) is 0. The lowest BCUT2D eigenvalue weighted by Crippen LogP contribution is -2.32. The van der Waals surface area contributed by atoms with Gasteiger partial charge in [0, 0.05) is 25.0 Å². The second-order valence-electron chi connectivity index (χ2n) is 3.61. The number of nitrogens with zero attached hydrogens (tertiary/aromatic N) is 1. The van der Waals surface area contributed by atoms with Crippen molar-refractivity contribution < 1.29 is 9.53 Å². The zero-order valence-electron chi connectivity index (χ0n) is 8.67. The van der Waals surface area contributed by atoms with Gasteiger partial charge in [0.15, 0.2) is 0 Å². The van der Waals surface area contributed by atoms with Gasteiger partial charge in [0.1, 0.15) is 6.61 Å². The van der Waals surface area contributed by atoms with E-state index in [1.807, 2.05) is 11.8 Å². The summed E-state index contributed by atoms with van der Waals surface area (Å²) in [5, 5.41) is 1.03. The van der Waals surface area contributed by atoms with E-state index in [1.54, 1.807) is 0 Å². The molecule has 0 spiro atoms. The molecule has 1 amide bonds. The minimum absolute atomic E-state index is 0.143. The van der Waals surface area contributed by atoms with Crippen LogP contribution < -0.4 is 0 Å². The smallest absolute Gasteiger partial charge is 0.248 e. The minimum atomic E-state index is 0.143. The van der Waals surface area contributed by atoms with Crippen LogP contribution in [-0.2, 0) is 9.53 Å². The van der Waals surface area contributed by atoms with E-state index in [0.29, 0.717) is 12.5 Å². The highest BCUT2D eigenvalue weighted by molar-refractivity contribution is 9.09. The van der Waals surface area contributed by atoms with Crippen molar-refractivity contribution in [3.8, 4) is 0 Å². The minimum Gasteiger partial charge on any atom is -0.372 e. The lowest BCUT2D eigenvalue weighted by molar-refractivity contribution is -0.135. The Hall–Kier alpha value is -0.0900. The first-order valence-electron chi connectivity index (χ1n) is 5.19. The molecule has 14 heavy (non-hydrogen) atoms. The number of carbonyl (C=O) groups excluding carboxylic acids is 1.